The van der Waals surface area contributed by atoms with Gasteiger partial charge in [-0.15, -0.1) is 0 Å². The van der Waals surface area contributed by atoms with E-state index in [0.29, 0.717) is 0 Å². The Labute approximate surface area is 82.1 Å². The smallest absolute Gasteiger partial charge is 0.287 e. The number of carbonyl (C=O) groups is 1. The van der Waals surface area contributed by atoms with Gasteiger partial charge in [0.05, 0.1) is 0 Å². The van der Waals surface area contributed by atoms with Gasteiger partial charge in [0.2, 0.25) is 0 Å². The highest BCUT2D eigenvalue weighted by Crippen LogP contribution is 2.12. The Hall–Kier alpha value is -0.960. The second-order valence-electron chi connectivity index (χ2n) is 2.89. The molecule has 72 valence electrons. The highest BCUT2D eigenvalue weighted by Gasteiger charge is 2.11. The van der Waals surface area contributed by atoms with E-state index in [-0.39, 0.29) is 22.9 Å². The Kier molecular flexibility index (Phi) is 3.37. The predicted molar refractivity (Wildman–Crippen MR) is 50.9 cm³/mol. The topological polar surface area (TPSA) is 42.2 Å². The summed E-state index contributed by atoms with van der Waals surface area (Å²) in [6, 6.07) is 3.25. The summed E-state index contributed by atoms with van der Waals surface area (Å²) in [6.45, 7) is 3.93. The van der Waals surface area contributed by atoms with Crippen LogP contribution in [0.1, 0.15) is 30.8 Å². The Morgan fingerprint density at radius 3 is 2.85 bits per heavy atom. The summed E-state index contributed by atoms with van der Waals surface area (Å²) in [6.07, 6.45) is 0.889. The highest BCUT2D eigenvalue weighted by molar-refractivity contribution is 6.29. The molecule has 1 aromatic heterocycles. The first-order chi connectivity index (χ1) is 6.13. The lowest BCUT2D eigenvalue weighted by atomic mass is 10.2. The number of amides is 1. The van der Waals surface area contributed by atoms with Gasteiger partial charge in [0.25, 0.3) is 5.91 Å². The van der Waals surface area contributed by atoms with Crippen molar-refractivity contribution in [1.29, 1.82) is 0 Å². The van der Waals surface area contributed by atoms with E-state index in [1.807, 2.05) is 13.8 Å². The summed E-state index contributed by atoms with van der Waals surface area (Å²) in [5, 5.41) is 3.00. The van der Waals surface area contributed by atoms with Crippen LogP contribution in [-0.4, -0.2) is 11.9 Å². The minimum Gasteiger partial charge on any atom is -0.440 e. The Bertz CT molecular complexity index is 296. The number of hydrogen-bond donors (Lipinski definition) is 1. The van der Waals surface area contributed by atoms with Crippen LogP contribution in [0.2, 0.25) is 5.22 Å². The van der Waals surface area contributed by atoms with Crippen LogP contribution < -0.4 is 5.32 Å². The normalized spacial score (nSPS) is 12.5. The molecule has 3 nitrogen and oxygen atoms in total. The fourth-order valence-electron chi connectivity index (χ4n) is 0.833. The van der Waals surface area contributed by atoms with Crippen molar-refractivity contribution in [2.45, 2.75) is 26.3 Å². The zero-order chi connectivity index (χ0) is 9.84. The fraction of sp³-hybridized carbons (Fsp3) is 0.444. The van der Waals surface area contributed by atoms with Crippen molar-refractivity contribution in [2.75, 3.05) is 0 Å². The number of hydrogen-bond acceptors (Lipinski definition) is 2. The molecule has 0 spiro atoms. The monoisotopic (exact) mass is 201 g/mol. The van der Waals surface area contributed by atoms with Crippen LogP contribution >= 0.6 is 11.6 Å². The quantitative estimate of drug-likeness (QED) is 0.817. The number of nitrogens with one attached hydrogen (secondary N) is 1. The second-order valence-corrected chi connectivity index (χ2v) is 3.26. The van der Waals surface area contributed by atoms with Gasteiger partial charge in [0.15, 0.2) is 11.0 Å². The maximum Gasteiger partial charge on any atom is 0.287 e. The van der Waals surface area contributed by atoms with Crippen LogP contribution in [0.25, 0.3) is 0 Å². The molecule has 0 aromatic carbocycles. The minimum absolute atomic E-state index is 0.149. The molecule has 4 heteroatoms. The zero-order valence-corrected chi connectivity index (χ0v) is 8.39. The predicted octanol–water partition coefficient (Wildman–Crippen LogP) is 2.46. The standard InChI is InChI=1S/C9H12ClNO2/c1-3-6(2)11-9(12)7-4-5-8(10)13-7/h4-6H,3H2,1-2H3,(H,11,12). The first-order valence-corrected chi connectivity index (χ1v) is 4.57. The van der Waals surface area contributed by atoms with Crippen molar-refractivity contribution in [3.8, 4) is 0 Å². The van der Waals surface area contributed by atoms with Gasteiger partial charge in [-0.25, -0.2) is 0 Å². The average Bonchev–Trinajstić information content (AvgIpc) is 2.51. The van der Waals surface area contributed by atoms with E-state index in [9.17, 15) is 4.79 Å². The minimum atomic E-state index is -0.221. The molecule has 1 unspecified atom stereocenters. The van der Waals surface area contributed by atoms with Crippen LogP contribution in [0.4, 0.5) is 0 Å². The van der Waals surface area contributed by atoms with E-state index in [1.54, 1.807) is 12.1 Å². The molecule has 0 aliphatic carbocycles. The molecule has 1 rings (SSSR count). The van der Waals surface area contributed by atoms with Crippen LogP contribution in [0, 0.1) is 0 Å². The fourth-order valence-corrected chi connectivity index (χ4v) is 0.979. The molecule has 0 saturated carbocycles. The molecule has 0 aliphatic rings. The first kappa shape index (κ1) is 10.1. The van der Waals surface area contributed by atoms with Crippen molar-refractivity contribution in [1.82, 2.24) is 5.32 Å². The van der Waals surface area contributed by atoms with Gasteiger partial charge >= 0.3 is 0 Å². The molecule has 1 aromatic rings. The first-order valence-electron chi connectivity index (χ1n) is 4.19. The van der Waals surface area contributed by atoms with Crippen molar-refractivity contribution in [3.63, 3.8) is 0 Å². The largest absolute Gasteiger partial charge is 0.440 e. The lowest BCUT2D eigenvalue weighted by Crippen LogP contribution is -2.31. The van der Waals surface area contributed by atoms with Gasteiger partial charge < -0.3 is 9.73 Å². The molecule has 0 bridgehead atoms. The van der Waals surface area contributed by atoms with Crippen molar-refractivity contribution < 1.29 is 9.21 Å². The zero-order valence-electron chi connectivity index (χ0n) is 7.63. The molecule has 1 amide bonds. The van der Waals surface area contributed by atoms with E-state index >= 15 is 0 Å². The number of carbonyl (C=O) groups excluding carboxylic acids is 1. The van der Waals surface area contributed by atoms with Gasteiger partial charge in [-0.2, -0.15) is 0 Å². The molecular weight excluding hydrogens is 190 g/mol. The summed E-state index contributed by atoms with van der Waals surface area (Å²) in [5.74, 6) is 0.0338. The number of furan rings is 1. The maximum absolute atomic E-state index is 11.4. The molecular formula is C9H12ClNO2. The van der Waals surface area contributed by atoms with E-state index < -0.39 is 0 Å². The molecule has 1 N–H and O–H groups in total. The number of halogens is 1. The van der Waals surface area contributed by atoms with Gasteiger partial charge in [-0.05, 0) is 37.1 Å². The summed E-state index contributed by atoms with van der Waals surface area (Å²) in [7, 11) is 0. The van der Waals surface area contributed by atoms with E-state index in [2.05, 4.69) is 5.32 Å². The molecule has 13 heavy (non-hydrogen) atoms. The molecule has 0 saturated heterocycles. The van der Waals surface area contributed by atoms with Gasteiger partial charge in [-0.1, -0.05) is 6.92 Å². The van der Waals surface area contributed by atoms with E-state index in [4.69, 9.17) is 16.0 Å². The van der Waals surface area contributed by atoms with E-state index in [0.717, 1.165) is 6.42 Å². The molecule has 0 radical (unpaired) electrons. The van der Waals surface area contributed by atoms with E-state index in [1.165, 1.54) is 0 Å². The Morgan fingerprint density at radius 2 is 2.38 bits per heavy atom. The van der Waals surface area contributed by atoms with Crippen molar-refractivity contribution in [3.05, 3.63) is 23.1 Å². The summed E-state index contributed by atoms with van der Waals surface area (Å²) in [4.78, 5) is 11.4. The Balaban J connectivity index is 2.58. The van der Waals surface area contributed by atoms with Gasteiger partial charge in [0.1, 0.15) is 0 Å². The third-order valence-electron chi connectivity index (χ3n) is 1.79. The third-order valence-corrected chi connectivity index (χ3v) is 1.99. The van der Waals surface area contributed by atoms with Crippen LogP contribution in [0.15, 0.2) is 16.5 Å². The van der Waals surface area contributed by atoms with Crippen LogP contribution in [0.5, 0.6) is 0 Å². The highest BCUT2D eigenvalue weighted by atomic mass is 35.5. The third kappa shape index (κ3) is 2.77. The van der Waals surface area contributed by atoms with Gasteiger partial charge in [0, 0.05) is 6.04 Å². The lowest BCUT2D eigenvalue weighted by molar-refractivity contribution is 0.0911. The van der Waals surface area contributed by atoms with Crippen LogP contribution in [-0.2, 0) is 0 Å². The molecule has 1 atom stereocenters. The lowest BCUT2D eigenvalue weighted by Gasteiger charge is -2.08. The van der Waals surface area contributed by atoms with Gasteiger partial charge in [-0.3, -0.25) is 4.79 Å². The van der Waals surface area contributed by atoms with Crippen LogP contribution in [0.3, 0.4) is 0 Å². The average molecular weight is 202 g/mol. The molecule has 1 heterocycles. The SMILES string of the molecule is CCC(C)NC(=O)c1ccc(Cl)o1. The Morgan fingerprint density at radius 1 is 1.69 bits per heavy atom. The molecule has 0 fully saturated rings. The van der Waals surface area contributed by atoms with Crippen molar-refractivity contribution >= 4 is 17.5 Å². The summed E-state index contributed by atoms with van der Waals surface area (Å²) >= 11 is 5.53. The summed E-state index contributed by atoms with van der Waals surface area (Å²) in [5.41, 5.74) is 0. The summed E-state index contributed by atoms with van der Waals surface area (Å²) < 4.78 is 4.94. The number of rotatable bonds is 3. The second kappa shape index (κ2) is 4.33. The molecule has 0 aliphatic heterocycles. The maximum atomic E-state index is 11.4. The van der Waals surface area contributed by atoms with Crippen molar-refractivity contribution in [2.24, 2.45) is 0 Å².